The summed E-state index contributed by atoms with van der Waals surface area (Å²) in [7, 11) is 0. The van der Waals surface area contributed by atoms with Gasteiger partial charge in [-0.1, -0.05) is 15.9 Å². The summed E-state index contributed by atoms with van der Waals surface area (Å²) in [6, 6.07) is 11.3. The quantitative estimate of drug-likeness (QED) is 0.551. The van der Waals surface area contributed by atoms with Crippen molar-refractivity contribution in [2.24, 2.45) is 0 Å². The minimum absolute atomic E-state index is 0.134. The molecular weight excluding hydrogens is 392 g/mol. The fourth-order valence-corrected chi connectivity index (χ4v) is 2.29. The summed E-state index contributed by atoms with van der Waals surface area (Å²) in [5.41, 5.74) is 0.322. The second-order valence-electron chi connectivity index (χ2n) is 3.72. The van der Waals surface area contributed by atoms with E-state index in [9.17, 15) is 10.1 Å². The normalized spacial score (nSPS) is 9.85. The topological polar surface area (TPSA) is 76.2 Å². The molecule has 0 aromatic heterocycles. The molecule has 0 aliphatic heterocycles. The monoisotopic (exact) mass is 396 g/mol. The maximum absolute atomic E-state index is 11.0. The molecule has 0 amide bonds. The van der Waals surface area contributed by atoms with Crippen LogP contribution < -0.4 is 4.74 Å². The van der Waals surface area contributed by atoms with Crippen LogP contribution in [0.25, 0.3) is 0 Å². The first-order valence-electron chi connectivity index (χ1n) is 5.32. The smallest absolute Gasteiger partial charge is 0.312 e. The molecule has 0 spiro atoms. The van der Waals surface area contributed by atoms with Crippen molar-refractivity contribution in [3.63, 3.8) is 0 Å². The average Bonchev–Trinajstić information content (AvgIpc) is 2.41. The molecule has 0 heterocycles. The van der Waals surface area contributed by atoms with Crippen LogP contribution in [0.5, 0.6) is 11.5 Å². The van der Waals surface area contributed by atoms with Crippen molar-refractivity contribution in [3.05, 3.63) is 61.0 Å². The van der Waals surface area contributed by atoms with Gasteiger partial charge in [0, 0.05) is 15.0 Å². The Hall–Kier alpha value is -1.91. The van der Waals surface area contributed by atoms with Crippen LogP contribution in [0.15, 0.2) is 45.3 Å². The lowest BCUT2D eigenvalue weighted by Gasteiger charge is -2.07. The molecule has 2 aromatic carbocycles. The van der Waals surface area contributed by atoms with Gasteiger partial charge in [0.1, 0.15) is 11.8 Å². The van der Waals surface area contributed by atoms with E-state index in [1.807, 2.05) is 6.07 Å². The molecule has 0 atom stereocenters. The summed E-state index contributed by atoms with van der Waals surface area (Å²) in [5.74, 6) is 0.538. The number of hydrogen-bond donors (Lipinski definition) is 0. The molecule has 0 saturated heterocycles. The van der Waals surface area contributed by atoms with Crippen molar-refractivity contribution in [3.8, 4) is 17.6 Å². The molecule has 0 aliphatic rings. The minimum atomic E-state index is -0.515. The summed E-state index contributed by atoms with van der Waals surface area (Å²) >= 11 is 6.41. The van der Waals surface area contributed by atoms with Crippen LogP contribution >= 0.6 is 31.9 Å². The number of nitriles is 1. The van der Waals surface area contributed by atoms with E-state index in [2.05, 4.69) is 31.9 Å². The molecule has 0 saturated carbocycles. The molecule has 5 nitrogen and oxygen atoms in total. The molecule has 0 fully saturated rings. The third kappa shape index (κ3) is 3.15. The van der Waals surface area contributed by atoms with Gasteiger partial charge in [-0.05, 0) is 46.3 Å². The number of rotatable bonds is 3. The van der Waals surface area contributed by atoms with Crippen molar-refractivity contribution in [1.29, 1.82) is 5.26 Å². The van der Waals surface area contributed by atoms with Gasteiger partial charge in [0.2, 0.25) is 5.75 Å². The Morgan fingerprint density at radius 2 is 1.95 bits per heavy atom. The first kappa shape index (κ1) is 14.5. The van der Waals surface area contributed by atoms with Crippen molar-refractivity contribution in [2.75, 3.05) is 0 Å². The first-order chi connectivity index (χ1) is 9.51. The Labute approximate surface area is 131 Å². The van der Waals surface area contributed by atoms with Crippen LogP contribution in [0.2, 0.25) is 0 Å². The van der Waals surface area contributed by atoms with Crippen LogP contribution in [0, 0.1) is 21.4 Å². The van der Waals surface area contributed by atoms with Gasteiger partial charge in [-0.15, -0.1) is 0 Å². The summed E-state index contributed by atoms with van der Waals surface area (Å²) in [6.07, 6.45) is 0. The number of nitro benzene ring substituents is 1. The Kier molecular flexibility index (Phi) is 4.37. The molecule has 2 aromatic rings. The molecule has 0 N–H and O–H groups in total. The van der Waals surface area contributed by atoms with Gasteiger partial charge >= 0.3 is 5.69 Å². The van der Waals surface area contributed by atoms with Crippen molar-refractivity contribution in [2.45, 2.75) is 0 Å². The highest BCUT2D eigenvalue weighted by molar-refractivity contribution is 9.10. The molecule has 100 valence electrons. The van der Waals surface area contributed by atoms with E-state index in [1.54, 1.807) is 24.3 Å². The van der Waals surface area contributed by atoms with E-state index in [0.29, 0.717) is 20.3 Å². The molecule has 0 radical (unpaired) electrons. The van der Waals surface area contributed by atoms with Gasteiger partial charge in [0.25, 0.3) is 0 Å². The van der Waals surface area contributed by atoms with Crippen molar-refractivity contribution in [1.82, 2.24) is 0 Å². The predicted octanol–water partition coefficient (Wildman–Crippen LogP) is 4.78. The first-order valence-corrected chi connectivity index (χ1v) is 6.91. The van der Waals surface area contributed by atoms with Gasteiger partial charge in [-0.2, -0.15) is 5.26 Å². The van der Waals surface area contributed by atoms with Crippen molar-refractivity contribution >= 4 is 37.5 Å². The van der Waals surface area contributed by atoms with E-state index < -0.39 is 4.92 Å². The van der Waals surface area contributed by atoms with E-state index >= 15 is 0 Å². The zero-order valence-electron chi connectivity index (χ0n) is 9.84. The average molecular weight is 398 g/mol. The number of nitrogens with zero attached hydrogens (tertiary/aromatic N) is 2. The van der Waals surface area contributed by atoms with Crippen LogP contribution in [0.3, 0.4) is 0 Å². The third-order valence-corrected chi connectivity index (χ3v) is 3.56. The zero-order valence-corrected chi connectivity index (χ0v) is 13.0. The summed E-state index contributed by atoms with van der Waals surface area (Å²) in [6.45, 7) is 0. The Bertz CT molecular complexity index is 726. The zero-order chi connectivity index (χ0) is 14.7. The maximum Gasteiger partial charge on any atom is 0.312 e. The van der Waals surface area contributed by atoms with Gasteiger partial charge in [0.05, 0.1) is 10.5 Å². The highest BCUT2D eigenvalue weighted by Crippen LogP contribution is 2.34. The number of hydrogen-bond acceptors (Lipinski definition) is 4. The SMILES string of the molecule is N#Cc1ccc(Oc2ccc(Br)cc2[N+](=O)[O-])cc1Br. The fourth-order valence-electron chi connectivity index (χ4n) is 1.50. The number of nitro groups is 1. The predicted molar refractivity (Wildman–Crippen MR) is 79.7 cm³/mol. The second kappa shape index (κ2) is 6.03. The lowest BCUT2D eigenvalue weighted by Crippen LogP contribution is -1.93. The minimum Gasteiger partial charge on any atom is -0.450 e. The van der Waals surface area contributed by atoms with E-state index in [-0.39, 0.29) is 11.4 Å². The van der Waals surface area contributed by atoms with Gasteiger partial charge < -0.3 is 4.74 Å². The highest BCUT2D eigenvalue weighted by Gasteiger charge is 2.16. The van der Waals surface area contributed by atoms with Crippen LogP contribution in [0.1, 0.15) is 5.56 Å². The molecule has 20 heavy (non-hydrogen) atoms. The summed E-state index contributed by atoms with van der Waals surface area (Å²) < 4.78 is 6.67. The molecule has 0 aliphatic carbocycles. The maximum atomic E-state index is 11.0. The second-order valence-corrected chi connectivity index (χ2v) is 5.49. The van der Waals surface area contributed by atoms with Gasteiger partial charge in [-0.3, -0.25) is 10.1 Å². The third-order valence-electron chi connectivity index (χ3n) is 2.41. The Balaban J connectivity index is 2.38. The number of benzene rings is 2. The van der Waals surface area contributed by atoms with Crippen LogP contribution in [0.4, 0.5) is 5.69 Å². The summed E-state index contributed by atoms with van der Waals surface area (Å²) in [5, 5.41) is 19.8. The van der Waals surface area contributed by atoms with Crippen LogP contribution in [-0.2, 0) is 0 Å². The molecule has 0 bridgehead atoms. The van der Waals surface area contributed by atoms with Crippen LogP contribution in [-0.4, -0.2) is 4.92 Å². The van der Waals surface area contributed by atoms with Gasteiger partial charge in [0.15, 0.2) is 0 Å². The Morgan fingerprint density at radius 1 is 1.20 bits per heavy atom. The molecule has 7 heteroatoms. The largest absolute Gasteiger partial charge is 0.450 e. The molecule has 0 unspecified atom stereocenters. The number of halogens is 2. The standard InChI is InChI=1S/C13H6Br2N2O3/c14-9-2-4-13(12(5-9)17(18)19)20-10-3-1-8(7-16)11(15)6-10/h1-6H. The fraction of sp³-hybridized carbons (Fsp3) is 0. The lowest BCUT2D eigenvalue weighted by molar-refractivity contribution is -0.385. The van der Waals surface area contributed by atoms with Gasteiger partial charge in [-0.25, -0.2) is 0 Å². The van der Waals surface area contributed by atoms with E-state index in [0.717, 1.165) is 0 Å². The van der Waals surface area contributed by atoms with E-state index in [4.69, 9.17) is 10.00 Å². The van der Waals surface area contributed by atoms with Crippen molar-refractivity contribution < 1.29 is 9.66 Å². The summed E-state index contributed by atoms with van der Waals surface area (Å²) in [4.78, 5) is 10.5. The Morgan fingerprint density at radius 3 is 2.55 bits per heavy atom. The molecule has 2 rings (SSSR count). The molecular formula is C13H6Br2N2O3. The lowest BCUT2D eigenvalue weighted by atomic mass is 10.2. The number of ether oxygens (including phenoxy) is 1. The van der Waals surface area contributed by atoms with E-state index in [1.165, 1.54) is 12.1 Å². The highest BCUT2D eigenvalue weighted by atomic mass is 79.9.